The fourth-order valence-electron chi connectivity index (χ4n) is 2.25. The Kier molecular flexibility index (Phi) is 5.70. The van der Waals surface area contributed by atoms with E-state index in [0.717, 1.165) is 4.68 Å². The molecule has 3 rings (SSSR count). The number of aromatic nitrogens is 4. The molecule has 0 atom stereocenters. The number of rotatable bonds is 6. The fourth-order valence-corrected chi connectivity index (χ4v) is 2.37. The number of hydrogen-bond acceptors (Lipinski definition) is 5. The second-order valence-corrected chi connectivity index (χ2v) is 5.82. The Hall–Kier alpha value is -2.94. The first-order valence-electron chi connectivity index (χ1n) is 7.91. The lowest BCUT2D eigenvalue weighted by Crippen LogP contribution is -2.03. The van der Waals surface area contributed by atoms with Crippen LogP contribution >= 0.6 is 11.6 Å². The van der Waals surface area contributed by atoms with Gasteiger partial charge in [-0.05, 0) is 25.1 Å². The predicted octanol–water partition coefficient (Wildman–Crippen LogP) is 4.54. The highest BCUT2D eigenvalue weighted by Crippen LogP contribution is 2.25. The molecule has 0 amide bonds. The first-order valence-corrected chi connectivity index (χ1v) is 8.29. The van der Waals surface area contributed by atoms with Crippen LogP contribution in [0.3, 0.4) is 0 Å². The summed E-state index contributed by atoms with van der Waals surface area (Å²) in [6.07, 6.45) is -0.308. The Morgan fingerprint density at radius 1 is 1.26 bits per heavy atom. The van der Waals surface area contributed by atoms with Crippen LogP contribution in [0.5, 0.6) is 0 Å². The third kappa shape index (κ3) is 4.43. The maximum atomic E-state index is 13.9. The van der Waals surface area contributed by atoms with E-state index in [0.29, 0.717) is 17.1 Å². The minimum absolute atomic E-state index is 0.141. The highest BCUT2D eigenvalue weighted by Gasteiger charge is 2.14. The quantitative estimate of drug-likeness (QED) is 0.492. The van der Waals surface area contributed by atoms with Crippen molar-refractivity contribution in [2.45, 2.75) is 19.9 Å². The van der Waals surface area contributed by atoms with Crippen molar-refractivity contribution in [1.29, 1.82) is 0 Å². The van der Waals surface area contributed by atoms with Gasteiger partial charge in [-0.2, -0.15) is 14.6 Å². The van der Waals surface area contributed by atoms with Crippen molar-refractivity contribution in [3.8, 4) is 11.3 Å². The van der Waals surface area contributed by atoms with Gasteiger partial charge in [-0.25, -0.2) is 28.9 Å². The van der Waals surface area contributed by atoms with Crippen LogP contribution in [-0.2, 0) is 6.54 Å². The van der Waals surface area contributed by atoms with Gasteiger partial charge < -0.3 is 0 Å². The van der Waals surface area contributed by atoms with Gasteiger partial charge in [0.15, 0.2) is 0 Å². The van der Waals surface area contributed by atoms with E-state index in [9.17, 15) is 13.2 Å². The molecule has 1 N–H and O–H groups in total. The average Bonchev–Trinajstić information content (AvgIpc) is 3.02. The highest BCUT2D eigenvalue weighted by atomic mass is 35.5. The normalized spacial score (nSPS) is 11.5. The predicted molar refractivity (Wildman–Crippen MR) is 96.5 cm³/mol. The lowest BCUT2D eigenvalue weighted by Gasteiger charge is -2.07. The van der Waals surface area contributed by atoms with Crippen LogP contribution in [0.1, 0.15) is 24.6 Å². The standard InChI is InChI=1S/C17H14ClF3N6/c1-2-27-16(21)11(9-23-27)8-22-26-17-24-13(7-14(25-17)15(19)20)10-3-5-12(18)6-4-10/h3-9,15H,2H2,1H3,(H,24,25,26)/b22-8+. The first kappa shape index (κ1) is 18.8. The molecule has 0 radical (unpaired) electrons. The number of benzene rings is 1. The molecule has 0 saturated carbocycles. The molecular weight excluding hydrogens is 381 g/mol. The first-order chi connectivity index (χ1) is 13.0. The maximum Gasteiger partial charge on any atom is 0.280 e. The van der Waals surface area contributed by atoms with Gasteiger partial charge in [0.25, 0.3) is 6.43 Å². The summed E-state index contributed by atoms with van der Waals surface area (Å²) >= 11 is 5.84. The fraction of sp³-hybridized carbons (Fsp3) is 0.176. The van der Waals surface area contributed by atoms with Gasteiger partial charge in [0, 0.05) is 17.1 Å². The molecule has 140 valence electrons. The second kappa shape index (κ2) is 8.17. The Bertz CT molecular complexity index is 956. The summed E-state index contributed by atoms with van der Waals surface area (Å²) in [4.78, 5) is 7.89. The van der Waals surface area contributed by atoms with Gasteiger partial charge in [-0.3, -0.25) is 0 Å². The molecular formula is C17H14ClF3N6. The number of halogens is 4. The number of nitrogens with zero attached hydrogens (tertiary/aromatic N) is 5. The summed E-state index contributed by atoms with van der Waals surface area (Å²) < 4.78 is 41.3. The monoisotopic (exact) mass is 394 g/mol. The minimum atomic E-state index is -2.79. The Morgan fingerprint density at radius 3 is 2.63 bits per heavy atom. The zero-order chi connectivity index (χ0) is 19.4. The average molecular weight is 395 g/mol. The Morgan fingerprint density at radius 2 is 2.00 bits per heavy atom. The van der Waals surface area contributed by atoms with E-state index < -0.39 is 18.1 Å². The molecule has 0 aliphatic carbocycles. The van der Waals surface area contributed by atoms with Crippen molar-refractivity contribution < 1.29 is 13.2 Å². The van der Waals surface area contributed by atoms with Crippen LogP contribution in [0, 0.1) is 5.95 Å². The summed E-state index contributed by atoms with van der Waals surface area (Å²) in [5.41, 5.74) is 3.00. The van der Waals surface area contributed by atoms with Crippen molar-refractivity contribution >= 4 is 23.8 Å². The topological polar surface area (TPSA) is 68.0 Å². The van der Waals surface area contributed by atoms with Gasteiger partial charge in [0.05, 0.1) is 23.7 Å². The SMILES string of the molecule is CCn1ncc(/C=N/Nc2nc(-c3ccc(Cl)cc3)cc(C(F)F)n2)c1F. The third-order valence-corrected chi connectivity index (χ3v) is 3.83. The molecule has 0 bridgehead atoms. The van der Waals surface area contributed by atoms with E-state index >= 15 is 0 Å². The molecule has 27 heavy (non-hydrogen) atoms. The molecule has 2 aromatic heterocycles. The van der Waals surface area contributed by atoms with Crippen molar-refractivity contribution in [3.05, 3.63) is 58.8 Å². The zero-order valence-electron chi connectivity index (χ0n) is 14.1. The van der Waals surface area contributed by atoms with Gasteiger partial charge >= 0.3 is 0 Å². The van der Waals surface area contributed by atoms with E-state index in [4.69, 9.17) is 11.6 Å². The summed E-state index contributed by atoms with van der Waals surface area (Å²) in [6, 6.07) is 7.75. The minimum Gasteiger partial charge on any atom is -0.245 e. The van der Waals surface area contributed by atoms with E-state index in [-0.39, 0.29) is 17.2 Å². The molecule has 0 fully saturated rings. The molecule has 6 nitrogen and oxygen atoms in total. The summed E-state index contributed by atoms with van der Waals surface area (Å²) in [7, 11) is 0. The molecule has 0 spiro atoms. The molecule has 2 heterocycles. The van der Waals surface area contributed by atoms with E-state index in [1.807, 2.05) is 0 Å². The molecule has 0 aliphatic rings. The van der Waals surface area contributed by atoms with E-state index in [2.05, 4.69) is 25.6 Å². The van der Waals surface area contributed by atoms with E-state index in [1.165, 1.54) is 18.5 Å². The van der Waals surface area contributed by atoms with Crippen molar-refractivity contribution in [3.63, 3.8) is 0 Å². The largest absolute Gasteiger partial charge is 0.280 e. The Balaban J connectivity index is 1.86. The van der Waals surface area contributed by atoms with E-state index in [1.54, 1.807) is 31.2 Å². The lowest BCUT2D eigenvalue weighted by atomic mass is 10.1. The summed E-state index contributed by atoms with van der Waals surface area (Å²) in [5, 5.41) is 8.16. The molecule has 10 heteroatoms. The number of anilines is 1. The maximum absolute atomic E-state index is 13.9. The number of hydrazone groups is 1. The number of aryl methyl sites for hydroxylation is 1. The van der Waals surface area contributed by atoms with Crippen LogP contribution in [0.2, 0.25) is 5.02 Å². The number of nitrogens with one attached hydrogen (secondary N) is 1. The molecule has 0 aliphatic heterocycles. The zero-order valence-corrected chi connectivity index (χ0v) is 14.8. The molecule has 0 saturated heterocycles. The molecule has 1 aromatic carbocycles. The van der Waals surface area contributed by atoms with Crippen LogP contribution in [0.4, 0.5) is 19.1 Å². The molecule has 0 unspecified atom stereocenters. The highest BCUT2D eigenvalue weighted by molar-refractivity contribution is 6.30. The smallest absolute Gasteiger partial charge is 0.245 e. The van der Waals surface area contributed by atoms with Crippen molar-refractivity contribution in [1.82, 2.24) is 19.7 Å². The van der Waals surface area contributed by atoms with Gasteiger partial charge in [0.2, 0.25) is 11.9 Å². The molecule has 3 aromatic rings. The van der Waals surface area contributed by atoms with Gasteiger partial charge in [-0.1, -0.05) is 23.7 Å². The second-order valence-electron chi connectivity index (χ2n) is 5.39. The van der Waals surface area contributed by atoms with Crippen LogP contribution < -0.4 is 5.43 Å². The Labute approximate surface area is 157 Å². The van der Waals surface area contributed by atoms with Crippen LogP contribution in [-0.4, -0.2) is 26.0 Å². The van der Waals surface area contributed by atoms with Gasteiger partial charge in [0.1, 0.15) is 5.69 Å². The lowest BCUT2D eigenvalue weighted by molar-refractivity contribution is 0.146. The van der Waals surface area contributed by atoms with Crippen LogP contribution in [0.25, 0.3) is 11.3 Å². The number of hydrogen-bond donors (Lipinski definition) is 1. The summed E-state index contributed by atoms with van der Waals surface area (Å²) in [5.74, 6) is -0.690. The van der Waals surface area contributed by atoms with Crippen molar-refractivity contribution in [2.75, 3.05) is 5.43 Å². The van der Waals surface area contributed by atoms with Gasteiger partial charge in [-0.15, -0.1) is 0 Å². The number of alkyl halides is 2. The van der Waals surface area contributed by atoms with Crippen LogP contribution in [0.15, 0.2) is 41.6 Å². The van der Waals surface area contributed by atoms with Crippen molar-refractivity contribution in [2.24, 2.45) is 5.10 Å². The summed E-state index contributed by atoms with van der Waals surface area (Å²) in [6.45, 7) is 2.12. The third-order valence-electron chi connectivity index (χ3n) is 3.58.